The zero-order valence-electron chi connectivity index (χ0n) is 10.1. The molecule has 0 aromatic heterocycles. The molecule has 4 nitrogen and oxygen atoms in total. The van der Waals surface area contributed by atoms with Gasteiger partial charge in [0.2, 0.25) is 0 Å². The van der Waals surface area contributed by atoms with Crippen molar-refractivity contribution in [2.24, 2.45) is 0 Å². The van der Waals surface area contributed by atoms with Crippen LogP contribution in [0.4, 0.5) is 5.69 Å². The molecule has 1 heterocycles. The highest BCUT2D eigenvalue weighted by atomic mass is 32.2. The van der Waals surface area contributed by atoms with E-state index in [4.69, 9.17) is 5.26 Å². The maximum atomic E-state index is 11.3. The molecule has 1 aromatic rings. The van der Waals surface area contributed by atoms with Crippen molar-refractivity contribution < 1.29 is 9.90 Å². The summed E-state index contributed by atoms with van der Waals surface area (Å²) in [6, 6.07) is 7.11. The maximum absolute atomic E-state index is 11.3. The summed E-state index contributed by atoms with van der Waals surface area (Å²) in [6.07, 6.45) is 0. The SMILES string of the molecule is Cc1ccc(C#N)c(N2CCSCC2C(=O)O)c1. The van der Waals surface area contributed by atoms with E-state index in [0.29, 0.717) is 17.9 Å². The number of carboxylic acids is 1. The van der Waals surface area contributed by atoms with Crippen molar-refractivity contribution in [2.75, 3.05) is 23.0 Å². The Morgan fingerprint density at radius 2 is 2.39 bits per heavy atom. The number of benzene rings is 1. The highest BCUT2D eigenvalue weighted by molar-refractivity contribution is 7.99. The molecule has 0 amide bonds. The summed E-state index contributed by atoms with van der Waals surface area (Å²) in [7, 11) is 0. The molecule has 0 saturated carbocycles. The van der Waals surface area contributed by atoms with E-state index in [2.05, 4.69) is 6.07 Å². The molecule has 0 bridgehead atoms. The summed E-state index contributed by atoms with van der Waals surface area (Å²) < 4.78 is 0. The van der Waals surface area contributed by atoms with Crippen LogP contribution in [0.5, 0.6) is 0 Å². The number of anilines is 1. The number of hydrogen-bond acceptors (Lipinski definition) is 4. The summed E-state index contributed by atoms with van der Waals surface area (Å²) in [5.74, 6) is 0.629. The zero-order valence-corrected chi connectivity index (χ0v) is 10.9. The van der Waals surface area contributed by atoms with Gasteiger partial charge in [-0.25, -0.2) is 4.79 Å². The first-order valence-electron chi connectivity index (χ1n) is 5.71. The van der Waals surface area contributed by atoms with E-state index in [1.807, 2.05) is 24.0 Å². The predicted octanol–water partition coefficient (Wildman–Crippen LogP) is 1.87. The third kappa shape index (κ3) is 2.44. The van der Waals surface area contributed by atoms with Gasteiger partial charge in [-0.05, 0) is 24.6 Å². The van der Waals surface area contributed by atoms with Crippen LogP contribution in [-0.4, -0.2) is 35.2 Å². The molecule has 18 heavy (non-hydrogen) atoms. The number of carboxylic acid groups (broad SMARTS) is 1. The first-order chi connectivity index (χ1) is 8.63. The molecule has 1 N–H and O–H groups in total. The molecule has 2 rings (SSSR count). The molecule has 1 unspecified atom stereocenters. The van der Waals surface area contributed by atoms with Crippen LogP contribution in [0.1, 0.15) is 11.1 Å². The Balaban J connectivity index is 2.42. The van der Waals surface area contributed by atoms with Crippen molar-refractivity contribution in [3.05, 3.63) is 29.3 Å². The van der Waals surface area contributed by atoms with Crippen LogP contribution in [0.15, 0.2) is 18.2 Å². The standard InChI is InChI=1S/C13H14N2O2S/c1-9-2-3-10(7-14)11(6-9)15-4-5-18-8-12(15)13(16)17/h2-3,6,12H,4-5,8H2,1H3,(H,16,17). The minimum Gasteiger partial charge on any atom is -0.480 e. The third-order valence-electron chi connectivity index (χ3n) is 3.00. The van der Waals surface area contributed by atoms with Crippen LogP contribution in [0.25, 0.3) is 0 Å². The van der Waals surface area contributed by atoms with Crippen LogP contribution < -0.4 is 4.90 Å². The van der Waals surface area contributed by atoms with Gasteiger partial charge in [-0.3, -0.25) is 0 Å². The first kappa shape index (κ1) is 12.8. The quantitative estimate of drug-likeness (QED) is 0.881. The van der Waals surface area contributed by atoms with Gasteiger partial charge in [0.05, 0.1) is 11.3 Å². The molecule has 94 valence electrons. The number of hydrogen-bond donors (Lipinski definition) is 1. The van der Waals surface area contributed by atoms with E-state index >= 15 is 0 Å². The summed E-state index contributed by atoms with van der Waals surface area (Å²) in [5.41, 5.74) is 2.32. The Labute approximate surface area is 110 Å². The normalized spacial score (nSPS) is 19.3. The fourth-order valence-corrected chi connectivity index (χ4v) is 3.11. The largest absolute Gasteiger partial charge is 0.480 e. The number of carbonyl (C=O) groups is 1. The number of rotatable bonds is 2. The summed E-state index contributed by atoms with van der Waals surface area (Å²) in [5, 5.41) is 18.4. The van der Waals surface area contributed by atoms with Gasteiger partial charge in [0, 0.05) is 18.1 Å². The third-order valence-corrected chi connectivity index (χ3v) is 4.02. The van der Waals surface area contributed by atoms with Crippen LogP contribution in [0, 0.1) is 18.3 Å². The average Bonchev–Trinajstić information content (AvgIpc) is 2.38. The Bertz CT molecular complexity index is 510. The number of nitrogens with zero attached hydrogens (tertiary/aromatic N) is 2. The molecule has 0 radical (unpaired) electrons. The molecule has 1 aromatic carbocycles. The van der Waals surface area contributed by atoms with Crippen LogP contribution >= 0.6 is 11.8 Å². The van der Waals surface area contributed by atoms with E-state index in [1.54, 1.807) is 17.8 Å². The molecule has 0 aliphatic carbocycles. The Kier molecular flexibility index (Phi) is 3.78. The van der Waals surface area contributed by atoms with Crippen LogP contribution in [0.2, 0.25) is 0 Å². The lowest BCUT2D eigenvalue weighted by atomic mass is 10.1. The van der Waals surface area contributed by atoms with Gasteiger partial charge in [0.15, 0.2) is 0 Å². The predicted molar refractivity (Wildman–Crippen MR) is 72.0 cm³/mol. The number of thioether (sulfide) groups is 1. The smallest absolute Gasteiger partial charge is 0.327 e. The van der Waals surface area contributed by atoms with E-state index in [-0.39, 0.29) is 0 Å². The Morgan fingerprint density at radius 1 is 1.61 bits per heavy atom. The number of aliphatic carboxylic acids is 1. The fourth-order valence-electron chi connectivity index (χ4n) is 2.07. The number of aryl methyl sites for hydroxylation is 1. The monoisotopic (exact) mass is 262 g/mol. The van der Waals surface area contributed by atoms with Crippen molar-refractivity contribution in [1.29, 1.82) is 5.26 Å². The Morgan fingerprint density at radius 3 is 3.06 bits per heavy atom. The van der Waals surface area contributed by atoms with E-state index < -0.39 is 12.0 Å². The van der Waals surface area contributed by atoms with Gasteiger partial charge in [0.25, 0.3) is 0 Å². The van der Waals surface area contributed by atoms with E-state index in [9.17, 15) is 9.90 Å². The van der Waals surface area contributed by atoms with Gasteiger partial charge in [-0.2, -0.15) is 17.0 Å². The second kappa shape index (κ2) is 5.32. The first-order valence-corrected chi connectivity index (χ1v) is 6.87. The number of nitriles is 1. The van der Waals surface area contributed by atoms with Gasteiger partial charge in [0.1, 0.15) is 12.1 Å². The molecule has 5 heteroatoms. The van der Waals surface area contributed by atoms with Crippen molar-refractivity contribution >= 4 is 23.4 Å². The van der Waals surface area contributed by atoms with E-state index in [0.717, 1.165) is 17.0 Å². The van der Waals surface area contributed by atoms with Crippen molar-refractivity contribution in [3.8, 4) is 6.07 Å². The lowest BCUT2D eigenvalue weighted by Crippen LogP contribution is -2.47. The lowest BCUT2D eigenvalue weighted by molar-refractivity contribution is -0.138. The topological polar surface area (TPSA) is 64.3 Å². The minimum atomic E-state index is -0.826. The van der Waals surface area contributed by atoms with Crippen molar-refractivity contribution in [2.45, 2.75) is 13.0 Å². The Hall–Kier alpha value is -1.67. The molecule has 1 aliphatic rings. The van der Waals surface area contributed by atoms with Gasteiger partial charge in [-0.1, -0.05) is 6.07 Å². The second-order valence-corrected chi connectivity index (χ2v) is 5.40. The minimum absolute atomic E-state index is 0.541. The molecule has 1 fully saturated rings. The van der Waals surface area contributed by atoms with Crippen LogP contribution in [-0.2, 0) is 4.79 Å². The highest BCUT2D eigenvalue weighted by Crippen LogP contribution is 2.28. The molecular weight excluding hydrogens is 248 g/mol. The van der Waals surface area contributed by atoms with E-state index in [1.165, 1.54) is 0 Å². The van der Waals surface area contributed by atoms with Crippen LogP contribution in [0.3, 0.4) is 0 Å². The summed E-state index contributed by atoms with van der Waals surface area (Å²) >= 11 is 1.64. The lowest BCUT2D eigenvalue weighted by Gasteiger charge is -2.35. The summed E-state index contributed by atoms with van der Waals surface area (Å²) in [6.45, 7) is 2.61. The molecular formula is C13H14N2O2S. The average molecular weight is 262 g/mol. The molecule has 1 aliphatic heterocycles. The van der Waals surface area contributed by atoms with Gasteiger partial charge in [-0.15, -0.1) is 0 Å². The maximum Gasteiger partial charge on any atom is 0.327 e. The van der Waals surface area contributed by atoms with Crippen molar-refractivity contribution in [1.82, 2.24) is 0 Å². The molecule has 1 saturated heterocycles. The van der Waals surface area contributed by atoms with Crippen molar-refractivity contribution in [3.63, 3.8) is 0 Å². The molecule has 0 spiro atoms. The fraction of sp³-hybridized carbons (Fsp3) is 0.385. The van der Waals surface area contributed by atoms with Gasteiger partial charge >= 0.3 is 5.97 Å². The van der Waals surface area contributed by atoms with Gasteiger partial charge < -0.3 is 10.0 Å². The summed E-state index contributed by atoms with van der Waals surface area (Å²) in [4.78, 5) is 13.1. The second-order valence-electron chi connectivity index (χ2n) is 4.25. The highest BCUT2D eigenvalue weighted by Gasteiger charge is 2.30. The zero-order chi connectivity index (χ0) is 13.1. The molecule has 1 atom stereocenters.